The van der Waals surface area contributed by atoms with Gasteiger partial charge in [0, 0.05) is 5.92 Å². The van der Waals surface area contributed by atoms with Crippen molar-refractivity contribution in [3.05, 3.63) is 23.1 Å². The second-order valence-corrected chi connectivity index (χ2v) is 4.45. The Bertz CT molecular complexity index is 661. The van der Waals surface area contributed by atoms with Gasteiger partial charge in [-0.25, -0.2) is 9.48 Å². The van der Waals surface area contributed by atoms with E-state index >= 15 is 0 Å². The summed E-state index contributed by atoms with van der Waals surface area (Å²) >= 11 is 0. The summed E-state index contributed by atoms with van der Waals surface area (Å²) in [5, 5.41) is 18.5. The van der Waals surface area contributed by atoms with Crippen molar-refractivity contribution in [3.8, 4) is 0 Å². The summed E-state index contributed by atoms with van der Waals surface area (Å²) in [6, 6.07) is 0. The number of halogens is 3. The van der Waals surface area contributed by atoms with E-state index in [-0.39, 0.29) is 17.6 Å². The molecule has 1 N–H and O–H groups in total. The quantitative estimate of drug-likeness (QED) is 0.913. The van der Waals surface area contributed by atoms with E-state index in [0.29, 0.717) is 4.68 Å². The molecule has 0 aromatic carbocycles. The lowest BCUT2D eigenvalue weighted by atomic mass is 10.2. The van der Waals surface area contributed by atoms with Crippen molar-refractivity contribution in [2.24, 2.45) is 0 Å². The van der Waals surface area contributed by atoms with Gasteiger partial charge >= 0.3 is 12.1 Å². The number of rotatable bonds is 4. The molecule has 0 amide bonds. The van der Waals surface area contributed by atoms with Gasteiger partial charge in [0.15, 0.2) is 11.5 Å². The molecule has 0 saturated carbocycles. The molecule has 2 rings (SSSR count). The highest BCUT2D eigenvalue weighted by Crippen LogP contribution is 2.31. The fraction of sp³-hybridized carbons (Fsp3) is 0.500. The predicted molar refractivity (Wildman–Crippen MR) is 59.5 cm³/mol. The van der Waals surface area contributed by atoms with Gasteiger partial charge in [-0.15, -0.1) is 5.10 Å². The van der Waals surface area contributed by atoms with Crippen LogP contribution in [0.15, 0.2) is 4.52 Å². The van der Waals surface area contributed by atoms with Crippen molar-refractivity contribution < 1.29 is 27.6 Å². The van der Waals surface area contributed by atoms with Gasteiger partial charge in [-0.2, -0.15) is 18.2 Å². The molecule has 0 bridgehead atoms. The van der Waals surface area contributed by atoms with Gasteiger partial charge in [-0.05, 0) is 0 Å². The fourth-order valence-corrected chi connectivity index (χ4v) is 1.55. The van der Waals surface area contributed by atoms with Crippen molar-refractivity contribution in [3.63, 3.8) is 0 Å². The Labute approximate surface area is 115 Å². The lowest BCUT2D eigenvalue weighted by Crippen LogP contribution is -2.19. The zero-order chi connectivity index (χ0) is 15.8. The first kappa shape index (κ1) is 14.9. The zero-order valence-corrected chi connectivity index (χ0v) is 10.9. The average Bonchev–Trinajstić information content (AvgIpc) is 2.94. The molecule has 0 aliphatic rings. The third-order valence-corrected chi connectivity index (χ3v) is 2.48. The summed E-state index contributed by atoms with van der Waals surface area (Å²) in [4.78, 5) is 14.7. The summed E-state index contributed by atoms with van der Waals surface area (Å²) in [6.45, 7) is 3.05. The molecule has 0 spiro atoms. The second kappa shape index (κ2) is 5.14. The summed E-state index contributed by atoms with van der Waals surface area (Å²) in [7, 11) is 0. The molecule has 21 heavy (non-hydrogen) atoms. The topological polar surface area (TPSA) is 107 Å². The summed E-state index contributed by atoms with van der Waals surface area (Å²) in [5.74, 6) is -1.69. The highest BCUT2D eigenvalue weighted by molar-refractivity contribution is 5.86. The van der Waals surface area contributed by atoms with Crippen LogP contribution in [0.1, 0.15) is 47.7 Å². The minimum atomic E-state index is -4.91. The summed E-state index contributed by atoms with van der Waals surface area (Å²) < 4.78 is 44.0. The van der Waals surface area contributed by atoms with E-state index < -0.39 is 30.1 Å². The van der Waals surface area contributed by atoms with Gasteiger partial charge in [0.1, 0.15) is 6.54 Å². The highest BCUT2D eigenvalue weighted by atomic mass is 19.4. The van der Waals surface area contributed by atoms with E-state index in [9.17, 15) is 18.0 Å². The molecule has 11 heteroatoms. The maximum Gasteiger partial charge on any atom is 0.435 e. The predicted octanol–water partition coefficient (Wildman–Crippen LogP) is 1.55. The Morgan fingerprint density at radius 3 is 2.57 bits per heavy atom. The number of hydrogen-bond acceptors (Lipinski definition) is 6. The van der Waals surface area contributed by atoms with Crippen molar-refractivity contribution in [1.82, 2.24) is 25.1 Å². The maximum atomic E-state index is 12.9. The van der Waals surface area contributed by atoms with Crippen LogP contribution in [0.2, 0.25) is 0 Å². The number of aromatic carboxylic acids is 1. The summed E-state index contributed by atoms with van der Waals surface area (Å²) in [5.41, 5.74) is -2.64. The molecule has 0 unspecified atom stereocenters. The van der Waals surface area contributed by atoms with Gasteiger partial charge in [-0.1, -0.05) is 24.2 Å². The molecule has 2 aromatic heterocycles. The van der Waals surface area contributed by atoms with Crippen molar-refractivity contribution in [2.75, 3.05) is 0 Å². The Morgan fingerprint density at radius 2 is 2.10 bits per heavy atom. The number of alkyl halides is 3. The zero-order valence-electron chi connectivity index (χ0n) is 10.9. The van der Waals surface area contributed by atoms with Crippen molar-refractivity contribution in [1.29, 1.82) is 0 Å². The smallest absolute Gasteiger partial charge is 0.435 e. The van der Waals surface area contributed by atoms with Crippen molar-refractivity contribution >= 4 is 5.97 Å². The van der Waals surface area contributed by atoms with Crippen LogP contribution in [0, 0.1) is 0 Å². The van der Waals surface area contributed by atoms with Crippen LogP contribution in [0.25, 0.3) is 0 Å². The molecule has 114 valence electrons. The number of nitrogens with zero attached hydrogens (tertiary/aromatic N) is 5. The minimum Gasteiger partial charge on any atom is -0.476 e. The normalized spacial score (nSPS) is 12.1. The first-order chi connectivity index (χ1) is 9.70. The summed E-state index contributed by atoms with van der Waals surface area (Å²) in [6.07, 6.45) is -4.91. The van der Waals surface area contributed by atoms with Gasteiger partial charge in [0.05, 0.1) is 0 Å². The van der Waals surface area contributed by atoms with E-state index in [4.69, 9.17) is 9.63 Å². The average molecular weight is 305 g/mol. The molecule has 0 aliphatic heterocycles. The highest BCUT2D eigenvalue weighted by Gasteiger charge is 2.41. The monoisotopic (exact) mass is 305 g/mol. The van der Waals surface area contributed by atoms with Crippen LogP contribution >= 0.6 is 0 Å². The van der Waals surface area contributed by atoms with E-state index in [2.05, 4.69) is 20.5 Å². The molecule has 2 heterocycles. The van der Waals surface area contributed by atoms with Crippen LogP contribution < -0.4 is 0 Å². The molecular formula is C10H10F3N5O3. The van der Waals surface area contributed by atoms with E-state index in [1.54, 1.807) is 13.8 Å². The molecule has 0 atom stereocenters. The number of carbonyl (C=O) groups is 1. The first-order valence-corrected chi connectivity index (χ1v) is 5.76. The van der Waals surface area contributed by atoms with Gasteiger partial charge in [0.25, 0.3) is 0 Å². The Balaban J connectivity index is 2.37. The van der Waals surface area contributed by atoms with Crippen LogP contribution in [-0.2, 0) is 12.7 Å². The lowest BCUT2D eigenvalue weighted by molar-refractivity contribution is -0.144. The van der Waals surface area contributed by atoms with Crippen LogP contribution in [0.3, 0.4) is 0 Å². The Kier molecular flexibility index (Phi) is 3.66. The largest absolute Gasteiger partial charge is 0.476 e. The molecule has 0 radical (unpaired) electrons. The lowest BCUT2D eigenvalue weighted by Gasteiger charge is -2.08. The maximum absolute atomic E-state index is 12.9. The molecule has 0 aliphatic carbocycles. The Morgan fingerprint density at radius 1 is 1.43 bits per heavy atom. The number of aromatic nitrogens is 5. The first-order valence-electron chi connectivity index (χ1n) is 5.76. The second-order valence-electron chi connectivity index (χ2n) is 4.45. The third kappa shape index (κ3) is 3.01. The number of carboxylic acids is 1. The Hall–Kier alpha value is -2.46. The molecule has 8 nitrogen and oxygen atoms in total. The van der Waals surface area contributed by atoms with Gasteiger partial charge in [-0.3, -0.25) is 0 Å². The molecule has 2 aromatic rings. The third-order valence-electron chi connectivity index (χ3n) is 2.48. The number of carboxylic acid groups (broad SMARTS) is 1. The van der Waals surface area contributed by atoms with Crippen LogP contribution in [0.4, 0.5) is 13.2 Å². The van der Waals surface area contributed by atoms with E-state index in [0.717, 1.165) is 0 Å². The van der Waals surface area contributed by atoms with Gasteiger partial charge < -0.3 is 9.63 Å². The number of hydrogen-bond donors (Lipinski definition) is 1. The van der Waals surface area contributed by atoms with E-state index in [1.165, 1.54) is 0 Å². The molecular weight excluding hydrogens is 295 g/mol. The molecule has 0 saturated heterocycles. The SMILES string of the molecule is CC(C)c1nc(Cn2nnc(C(=O)O)c2C(F)(F)F)no1. The van der Waals surface area contributed by atoms with Crippen LogP contribution in [0.5, 0.6) is 0 Å². The standard InChI is InChI=1S/C10H10F3N5O3/c1-4(2)8-14-5(16-21-8)3-18-7(10(11,12)13)6(9(19)20)15-17-18/h4H,3H2,1-2H3,(H,19,20). The van der Waals surface area contributed by atoms with E-state index in [1.807, 2.05) is 0 Å². The molecule has 0 fully saturated rings. The van der Waals surface area contributed by atoms with Gasteiger partial charge in [0.2, 0.25) is 11.6 Å². The fourth-order valence-electron chi connectivity index (χ4n) is 1.55. The minimum absolute atomic E-state index is 0.0500. The van der Waals surface area contributed by atoms with Crippen molar-refractivity contribution in [2.45, 2.75) is 32.5 Å². The van der Waals surface area contributed by atoms with Crippen LogP contribution in [-0.4, -0.2) is 36.2 Å².